The fourth-order valence-electron chi connectivity index (χ4n) is 2.19. The molecule has 2 aromatic heterocycles. The highest BCUT2D eigenvalue weighted by molar-refractivity contribution is 5.88. The van der Waals surface area contributed by atoms with Gasteiger partial charge in [-0.2, -0.15) is 0 Å². The van der Waals surface area contributed by atoms with E-state index in [-0.39, 0.29) is 0 Å². The highest BCUT2D eigenvalue weighted by Gasteiger charge is 2.02. The monoisotopic (exact) mass is 280 g/mol. The molecule has 0 bridgehead atoms. The molecule has 5 heteroatoms. The van der Waals surface area contributed by atoms with Crippen LogP contribution in [0, 0.1) is 0 Å². The lowest BCUT2D eigenvalue weighted by Crippen LogP contribution is -2.07. The number of anilines is 1. The average molecular weight is 280 g/mol. The fraction of sp³-hybridized carbons (Fsp3) is 0.188. The zero-order valence-corrected chi connectivity index (χ0v) is 11.8. The maximum absolute atomic E-state index is 5.12. The average Bonchev–Trinajstić information content (AvgIpc) is 2.55. The van der Waals surface area contributed by atoms with E-state index in [4.69, 9.17) is 4.74 Å². The van der Waals surface area contributed by atoms with Crippen molar-refractivity contribution in [3.8, 4) is 5.88 Å². The molecule has 0 saturated carbocycles. The van der Waals surface area contributed by atoms with Crippen LogP contribution in [0.25, 0.3) is 10.9 Å². The highest BCUT2D eigenvalue weighted by atomic mass is 16.5. The predicted molar refractivity (Wildman–Crippen MR) is 82.5 cm³/mol. The minimum Gasteiger partial charge on any atom is -0.481 e. The number of pyridine rings is 1. The Morgan fingerprint density at radius 2 is 2.00 bits per heavy atom. The van der Waals surface area contributed by atoms with Crippen LogP contribution >= 0.6 is 0 Å². The Balaban J connectivity index is 1.69. The minimum absolute atomic E-state index is 0.639. The van der Waals surface area contributed by atoms with Crippen LogP contribution in [-0.4, -0.2) is 28.6 Å². The molecule has 0 aliphatic rings. The van der Waals surface area contributed by atoms with E-state index >= 15 is 0 Å². The molecule has 21 heavy (non-hydrogen) atoms. The number of aromatic nitrogens is 3. The second kappa shape index (κ2) is 6.17. The van der Waals surface area contributed by atoms with Gasteiger partial charge in [0.15, 0.2) is 0 Å². The molecule has 0 amide bonds. The number of nitrogens with one attached hydrogen (secondary N) is 1. The molecule has 0 unspecified atom stereocenters. The maximum Gasteiger partial charge on any atom is 0.213 e. The molecule has 3 rings (SSSR count). The van der Waals surface area contributed by atoms with Crippen LogP contribution in [0.5, 0.6) is 5.88 Å². The summed E-state index contributed by atoms with van der Waals surface area (Å²) in [7, 11) is 1.62. The molecule has 0 atom stereocenters. The number of hydrogen-bond acceptors (Lipinski definition) is 5. The lowest BCUT2D eigenvalue weighted by atomic mass is 10.2. The van der Waals surface area contributed by atoms with Crippen molar-refractivity contribution in [2.75, 3.05) is 19.0 Å². The molecule has 106 valence electrons. The molecular formula is C16H16N4O. The van der Waals surface area contributed by atoms with Gasteiger partial charge in [-0.05, 0) is 30.2 Å². The van der Waals surface area contributed by atoms with Gasteiger partial charge in [-0.3, -0.25) is 0 Å². The van der Waals surface area contributed by atoms with Gasteiger partial charge in [-0.25, -0.2) is 15.0 Å². The zero-order chi connectivity index (χ0) is 14.5. The van der Waals surface area contributed by atoms with Crippen molar-refractivity contribution in [3.05, 3.63) is 54.5 Å². The molecule has 5 nitrogen and oxygen atoms in total. The van der Waals surface area contributed by atoms with Gasteiger partial charge in [-0.15, -0.1) is 0 Å². The van der Waals surface area contributed by atoms with Crippen molar-refractivity contribution in [2.45, 2.75) is 6.42 Å². The van der Waals surface area contributed by atoms with E-state index in [0.717, 1.165) is 29.7 Å². The third-order valence-corrected chi connectivity index (χ3v) is 3.26. The van der Waals surface area contributed by atoms with Crippen molar-refractivity contribution in [3.63, 3.8) is 0 Å². The van der Waals surface area contributed by atoms with Crippen LogP contribution in [-0.2, 0) is 6.42 Å². The van der Waals surface area contributed by atoms with Crippen LogP contribution < -0.4 is 10.1 Å². The van der Waals surface area contributed by atoms with E-state index in [9.17, 15) is 0 Å². The molecule has 3 aromatic rings. The van der Waals surface area contributed by atoms with Gasteiger partial charge in [0.05, 0.1) is 12.6 Å². The molecule has 0 spiro atoms. The lowest BCUT2D eigenvalue weighted by molar-refractivity contribution is 0.397. The summed E-state index contributed by atoms with van der Waals surface area (Å²) in [4.78, 5) is 12.7. The second-order valence-electron chi connectivity index (χ2n) is 4.62. The Bertz CT molecular complexity index is 740. The Morgan fingerprint density at radius 1 is 1.10 bits per heavy atom. The molecular weight excluding hydrogens is 264 g/mol. The fourth-order valence-corrected chi connectivity index (χ4v) is 2.19. The lowest BCUT2D eigenvalue weighted by Gasteiger charge is -2.08. The van der Waals surface area contributed by atoms with Gasteiger partial charge < -0.3 is 10.1 Å². The predicted octanol–water partition coefficient (Wildman–Crippen LogP) is 2.69. The first-order chi connectivity index (χ1) is 10.4. The first-order valence-corrected chi connectivity index (χ1v) is 6.79. The van der Waals surface area contributed by atoms with Crippen LogP contribution in [0.2, 0.25) is 0 Å². The van der Waals surface area contributed by atoms with E-state index in [2.05, 4.69) is 20.3 Å². The Morgan fingerprint density at radius 3 is 2.90 bits per heavy atom. The summed E-state index contributed by atoms with van der Waals surface area (Å²) in [6.45, 7) is 0.786. The largest absolute Gasteiger partial charge is 0.481 e. The van der Waals surface area contributed by atoms with Gasteiger partial charge in [0.25, 0.3) is 0 Å². The maximum atomic E-state index is 5.12. The zero-order valence-electron chi connectivity index (χ0n) is 11.8. The third-order valence-electron chi connectivity index (χ3n) is 3.26. The Labute approximate surface area is 123 Å². The Hall–Kier alpha value is -2.69. The van der Waals surface area contributed by atoms with E-state index in [1.807, 2.05) is 36.4 Å². The molecule has 0 aliphatic heterocycles. The summed E-state index contributed by atoms with van der Waals surface area (Å²) in [6.07, 6.45) is 4.21. The molecule has 0 fully saturated rings. The van der Waals surface area contributed by atoms with Gasteiger partial charge >= 0.3 is 0 Å². The summed E-state index contributed by atoms with van der Waals surface area (Å²) in [5.74, 6) is 1.50. The molecule has 1 aromatic carbocycles. The number of rotatable bonds is 5. The summed E-state index contributed by atoms with van der Waals surface area (Å²) in [5, 5.41) is 4.40. The van der Waals surface area contributed by atoms with Crippen molar-refractivity contribution in [1.82, 2.24) is 15.0 Å². The van der Waals surface area contributed by atoms with Crippen molar-refractivity contribution in [2.24, 2.45) is 0 Å². The second-order valence-corrected chi connectivity index (χ2v) is 4.62. The molecule has 0 radical (unpaired) electrons. The van der Waals surface area contributed by atoms with E-state index in [1.54, 1.807) is 19.6 Å². The summed E-state index contributed by atoms with van der Waals surface area (Å²) in [6, 6.07) is 11.9. The number of benzene rings is 1. The number of hydrogen-bond donors (Lipinski definition) is 1. The van der Waals surface area contributed by atoms with Gasteiger partial charge in [0.2, 0.25) is 5.88 Å². The van der Waals surface area contributed by atoms with Gasteiger partial charge in [0, 0.05) is 24.2 Å². The van der Waals surface area contributed by atoms with Crippen molar-refractivity contribution in [1.29, 1.82) is 0 Å². The molecule has 1 N–H and O–H groups in total. The minimum atomic E-state index is 0.639. The van der Waals surface area contributed by atoms with Gasteiger partial charge in [0.1, 0.15) is 12.1 Å². The number of para-hydroxylation sites is 1. The number of nitrogens with zero attached hydrogens (tertiary/aromatic N) is 3. The summed E-state index contributed by atoms with van der Waals surface area (Å²) >= 11 is 0. The van der Waals surface area contributed by atoms with E-state index < -0.39 is 0 Å². The normalized spacial score (nSPS) is 10.5. The highest BCUT2D eigenvalue weighted by Crippen LogP contribution is 2.18. The van der Waals surface area contributed by atoms with Crippen LogP contribution in [0.3, 0.4) is 0 Å². The van der Waals surface area contributed by atoms with Gasteiger partial charge in [-0.1, -0.05) is 12.1 Å². The van der Waals surface area contributed by atoms with Crippen LogP contribution in [0.15, 0.2) is 48.9 Å². The smallest absolute Gasteiger partial charge is 0.213 e. The van der Waals surface area contributed by atoms with Crippen molar-refractivity contribution < 1.29 is 4.74 Å². The summed E-state index contributed by atoms with van der Waals surface area (Å²) < 4.78 is 5.12. The quantitative estimate of drug-likeness (QED) is 0.778. The summed E-state index contributed by atoms with van der Waals surface area (Å²) in [5.41, 5.74) is 2.12. The van der Waals surface area contributed by atoms with E-state index in [0.29, 0.717) is 5.88 Å². The first kappa shape index (κ1) is 13.3. The molecule has 0 aliphatic carbocycles. The third kappa shape index (κ3) is 3.08. The first-order valence-electron chi connectivity index (χ1n) is 6.79. The molecule has 2 heterocycles. The standard InChI is InChI=1S/C16H16N4O/c1-21-15-10-12(6-8-17-15)7-9-18-16-13-4-2-3-5-14(13)19-11-20-16/h2-6,8,10-11H,7,9H2,1H3,(H,18,19,20). The van der Waals surface area contributed by atoms with E-state index in [1.165, 1.54) is 5.56 Å². The van der Waals surface area contributed by atoms with Crippen LogP contribution in [0.1, 0.15) is 5.56 Å². The van der Waals surface area contributed by atoms with Crippen LogP contribution in [0.4, 0.5) is 5.82 Å². The SMILES string of the molecule is COc1cc(CCNc2ncnc3ccccc23)ccn1. The Kier molecular flexibility index (Phi) is 3.91. The van der Waals surface area contributed by atoms with Crippen molar-refractivity contribution >= 4 is 16.7 Å². The number of fused-ring (bicyclic) bond motifs is 1. The topological polar surface area (TPSA) is 59.9 Å². The molecule has 0 saturated heterocycles. The number of ether oxygens (including phenoxy) is 1. The number of methoxy groups -OCH3 is 1.